The Balaban J connectivity index is 1.46. The zero-order chi connectivity index (χ0) is 23.6. The topological polar surface area (TPSA) is 99.3 Å². The molecule has 0 atom stereocenters. The molecule has 0 saturated heterocycles. The molecule has 2 aromatic carbocycles. The van der Waals surface area contributed by atoms with Crippen LogP contribution in [0.2, 0.25) is 0 Å². The Morgan fingerprint density at radius 2 is 1.48 bits per heavy atom. The fourth-order valence-electron chi connectivity index (χ4n) is 3.89. The molecule has 0 aliphatic heterocycles. The number of benzene rings is 2. The van der Waals surface area contributed by atoms with Gasteiger partial charge in [-0.2, -0.15) is 0 Å². The third-order valence-electron chi connectivity index (χ3n) is 5.56. The lowest BCUT2D eigenvalue weighted by atomic mass is 9.95. The van der Waals surface area contributed by atoms with Crippen molar-refractivity contribution in [3.05, 3.63) is 54.1 Å². The molecule has 0 spiro atoms. The molecule has 1 aliphatic rings. The molecule has 0 bridgehead atoms. The number of hydrogen-bond acceptors (Lipinski definition) is 4. The summed E-state index contributed by atoms with van der Waals surface area (Å²) in [6, 6.07) is 14.5. The van der Waals surface area contributed by atoms with Crippen LogP contribution in [0, 0.1) is 5.92 Å². The van der Waals surface area contributed by atoms with E-state index in [0.29, 0.717) is 35.0 Å². The lowest BCUT2D eigenvalue weighted by molar-refractivity contribution is -0.117. The van der Waals surface area contributed by atoms with Crippen molar-refractivity contribution in [2.45, 2.75) is 58.4 Å². The lowest BCUT2D eigenvalue weighted by Gasteiger charge is -2.22. The first kappa shape index (κ1) is 24.3. The fraction of sp³-hybridized carbons (Fsp3) is 0.423. The predicted molar refractivity (Wildman–Crippen MR) is 132 cm³/mol. The van der Waals surface area contributed by atoms with Crippen molar-refractivity contribution in [3.8, 4) is 0 Å². The second kappa shape index (κ2) is 12.0. The third kappa shape index (κ3) is 8.25. The lowest BCUT2D eigenvalue weighted by Crippen LogP contribution is -2.36. The van der Waals surface area contributed by atoms with E-state index in [1.54, 1.807) is 36.4 Å². The van der Waals surface area contributed by atoms with Crippen LogP contribution in [0.25, 0.3) is 0 Å². The Morgan fingerprint density at radius 3 is 2.12 bits per heavy atom. The largest absolute Gasteiger partial charge is 0.376 e. The Bertz CT molecular complexity index is 950. The van der Waals surface area contributed by atoms with Gasteiger partial charge in [-0.05, 0) is 61.2 Å². The summed E-state index contributed by atoms with van der Waals surface area (Å²) in [7, 11) is 0. The summed E-state index contributed by atoms with van der Waals surface area (Å²) in [5.41, 5.74) is 2.63. The molecule has 33 heavy (non-hydrogen) atoms. The standard InChI is InChI=1S/C26H34N4O3/c1-18(2)15-24(31)28-21-11-13-22(14-12-21)29-25(32)17-27-23-10-6-7-19(16-23)26(33)30-20-8-4-3-5-9-20/h6-7,10-14,16,18,20,27H,3-5,8-9,15,17H2,1-2H3,(H,28,31)(H,29,32)(H,30,33). The minimum absolute atomic E-state index is 0.0272. The molecule has 1 saturated carbocycles. The molecule has 1 fully saturated rings. The summed E-state index contributed by atoms with van der Waals surface area (Å²) in [4.78, 5) is 36.7. The minimum Gasteiger partial charge on any atom is -0.376 e. The van der Waals surface area contributed by atoms with Gasteiger partial charge in [0.2, 0.25) is 11.8 Å². The van der Waals surface area contributed by atoms with Crippen LogP contribution in [0.15, 0.2) is 48.5 Å². The van der Waals surface area contributed by atoms with Gasteiger partial charge in [0.1, 0.15) is 0 Å². The van der Waals surface area contributed by atoms with Gasteiger partial charge >= 0.3 is 0 Å². The van der Waals surface area contributed by atoms with Crippen molar-refractivity contribution in [2.75, 3.05) is 22.5 Å². The van der Waals surface area contributed by atoms with Gasteiger partial charge in [-0.25, -0.2) is 0 Å². The minimum atomic E-state index is -0.205. The Hall–Kier alpha value is -3.35. The first-order valence-electron chi connectivity index (χ1n) is 11.7. The number of amides is 3. The number of hydrogen-bond donors (Lipinski definition) is 4. The van der Waals surface area contributed by atoms with Gasteiger partial charge in [-0.1, -0.05) is 39.2 Å². The summed E-state index contributed by atoms with van der Waals surface area (Å²) >= 11 is 0. The van der Waals surface area contributed by atoms with Crippen LogP contribution in [0.3, 0.4) is 0 Å². The Labute approximate surface area is 195 Å². The number of carbonyl (C=O) groups excluding carboxylic acids is 3. The normalized spacial score (nSPS) is 13.9. The van der Waals surface area contributed by atoms with Crippen molar-refractivity contribution in [3.63, 3.8) is 0 Å². The number of rotatable bonds is 9. The molecule has 4 N–H and O–H groups in total. The molecule has 0 radical (unpaired) electrons. The number of nitrogens with one attached hydrogen (secondary N) is 4. The Morgan fingerprint density at radius 1 is 0.848 bits per heavy atom. The summed E-state index contributed by atoms with van der Waals surface area (Å²) in [6.45, 7) is 4.06. The van der Waals surface area contributed by atoms with Gasteiger partial charge in [0, 0.05) is 35.1 Å². The van der Waals surface area contributed by atoms with Crippen LogP contribution in [0.5, 0.6) is 0 Å². The van der Waals surface area contributed by atoms with Crippen molar-refractivity contribution in [1.29, 1.82) is 0 Å². The maximum Gasteiger partial charge on any atom is 0.251 e. The zero-order valence-corrected chi connectivity index (χ0v) is 19.4. The average molecular weight is 451 g/mol. The van der Waals surface area contributed by atoms with Crippen LogP contribution in [-0.4, -0.2) is 30.3 Å². The highest BCUT2D eigenvalue weighted by molar-refractivity contribution is 5.96. The van der Waals surface area contributed by atoms with Gasteiger partial charge in [0.15, 0.2) is 0 Å². The molecule has 176 valence electrons. The smallest absolute Gasteiger partial charge is 0.251 e. The molecule has 2 aromatic rings. The van der Waals surface area contributed by atoms with E-state index in [-0.39, 0.29) is 30.3 Å². The first-order valence-corrected chi connectivity index (χ1v) is 11.7. The highest BCUT2D eigenvalue weighted by Gasteiger charge is 2.17. The molecule has 1 aliphatic carbocycles. The summed E-state index contributed by atoms with van der Waals surface area (Å²) < 4.78 is 0. The van der Waals surface area contributed by atoms with E-state index >= 15 is 0 Å². The van der Waals surface area contributed by atoms with Gasteiger partial charge in [-0.3, -0.25) is 14.4 Å². The van der Waals surface area contributed by atoms with E-state index in [0.717, 1.165) is 25.7 Å². The van der Waals surface area contributed by atoms with Crippen LogP contribution < -0.4 is 21.3 Å². The predicted octanol–water partition coefficient (Wildman–Crippen LogP) is 4.78. The molecule has 0 unspecified atom stereocenters. The van der Waals surface area contributed by atoms with Crippen LogP contribution >= 0.6 is 0 Å². The highest BCUT2D eigenvalue weighted by atomic mass is 16.2. The van der Waals surface area contributed by atoms with Crippen LogP contribution in [0.1, 0.15) is 62.7 Å². The van der Waals surface area contributed by atoms with E-state index in [1.807, 2.05) is 26.0 Å². The molecule has 3 amide bonds. The van der Waals surface area contributed by atoms with E-state index in [2.05, 4.69) is 21.3 Å². The maximum atomic E-state index is 12.5. The van der Waals surface area contributed by atoms with E-state index in [4.69, 9.17) is 0 Å². The Kier molecular flexibility index (Phi) is 8.87. The fourth-order valence-corrected chi connectivity index (χ4v) is 3.89. The average Bonchev–Trinajstić information content (AvgIpc) is 2.79. The molecule has 0 aromatic heterocycles. The van der Waals surface area contributed by atoms with Gasteiger partial charge < -0.3 is 21.3 Å². The first-order chi connectivity index (χ1) is 15.9. The molecular formula is C26H34N4O3. The van der Waals surface area contributed by atoms with Crippen molar-refractivity contribution in [2.24, 2.45) is 5.92 Å². The van der Waals surface area contributed by atoms with Gasteiger partial charge in [-0.15, -0.1) is 0 Å². The molecular weight excluding hydrogens is 416 g/mol. The van der Waals surface area contributed by atoms with E-state index in [9.17, 15) is 14.4 Å². The highest BCUT2D eigenvalue weighted by Crippen LogP contribution is 2.19. The van der Waals surface area contributed by atoms with Crippen LogP contribution in [0.4, 0.5) is 17.1 Å². The van der Waals surface area contributed by atoms with E-state index < -0.39 is 0 Å². The van der Waals surface area contributed by atoms with Gasteiger partial charge in [0.25, 0.3) is 5.91 Å². The zero-order valence-electron chi connectivity index (χ0n) is 19.4. The second-order valence-corrected chi connectivity index (χ2v) is 9.01. The molecule has 0 heterocycles. The van der Waals surface area contributed by atoms with Crippen molar-refractivity contribution in [1.82, 2.24) is 5.32 Å². The summed E-state index contributed by atoms with van der Waals surface area (Å²) in [6.07, 6.45) is 6.11. The SMILES string of the molecule is CC(C)CC(=O)Nc1ccc(NC(=O)CNc2cccc(C(=O)NC3CCCCC3)c2)cc1. The quantitative estimate of drug-likeness (QED) is 0.442. The van der Waals surface area contributed by atoms with Crippen molar-refractivity contribution >= 4 is 34.8 Å². The monoisotopic (exact) mass is 450 g/mol. The molecule has 3 rings (SSSR count). The third-order valence-corrected chi connectivity index (χ3v) is 5.56. The van der Waals surface area contributed by atoms with Crippen molar-refractivity contribution < 1.29 is 14.4 Å². The van der Waals surface area contributed by atoms with Crippen LogP contribution in [-0.2, 0) is 9.59 Å². The molecule has 7 heteroatoms. The number of anilines is 3. The van der Waals surface area contributed by atoms with E-state index in [1.165, 1.54) is 6.42 Å². The van der Waals surface area contributed by atoms with Gasteiger partial charge in [0.05, 0.1) is 6.54 Å². The molecule has 7 nitrogen and oxygen atoms in total. The number of carbonyl (C=O) groups is 3. The maximum absolute atomic E-state index is 12.5. The summed E-state index contributed by atoms with van der Waals surface area (Å²) in [5.74, 6) is -0.0112. The summed E-state index contributed by atoms with van der Waals surface area (Å²) in [5, 5.41) is 11.9. The second-order valence-electron chi connectivity index (χ2n) is 9.01.